The van der Waals surface area contributed by atoms with E-state index in [0.29, 0.717) is 6.42 Å². The number of para-hydroxylation sites is 1. The first-order valence-electron chi connectivity index (χ1n) is 12.8. The number of amides is 1. The Morgan fingerprint density at radius 2 is 1.72 bits per heavy atom. The summed E-state index contributed by atoms with van der Waals surface area (Å²) in [5, 5.41) is 8.18. The van der Waals surface area contributed by atoms with Crippen molar-refractivity contribution in [3.8, 4) is 11.4 Å². The van der Waals surface area contributed by atoms with Gasteiger partial charge < -0.3 is 19.2 Å². The van der Waals surface area contributed by atoms with Crippen LogP contribution in [0.2, 0.25) is 0 Å². The summed E-state index contributed by atoms with van der Waals surface area (Å²) in [7, 11) is 0. The molecule has 0 saturated carbocycles. The summed E-state index contributed by atoms with van der Waals surface area (Å²) in [5.74, 6) is 2.13. The molecule has 0 bridgehead atoms. The summed E-state index contributed by atoms with van der Waals surface area (Å²) < 4.78 is 9.80. The molecule has 7 nitrogen and oxygen atoms in total. The third-order valence-corrected chi connectivity index (χ3v) is 7.14. The highest BCUT2D eigenvalue weighted by Gasteiger charge is 2.31. The molecule has 1 amide bonds. The van der Waals surface area contributed by atoms with Crippen LogP contribution < -0.4 is 10.2 Å². The van der Waals surface area contributed by atoms with Crippen LogP contribution in [0.4, 0.5) is 5.82 Å². The van der Waals surface area contributed by atoms with E-state index in [4.69, 9.17) is 9.52 Å². The number of carbonyl (C=O) groups is 1. The molecule has 188 valence electrons. The maximum absolute atomic E-state index is 13.0. The Balaban J connectivity index is 1.38. The second kappa shape index (κ2) is 10.1. The van der Waals surface area contributed by atoms with E-state index in [9.17, 15) is 4.79 Å². The molecule has 0 spiro atoms. The first-order valence-corrected chi connectivity index (χ1v) is 12.8. The lowest BCUT2D eigenvalue weighted by molar-refractivity contribution is -0.126. The lowest BCUT2D eigenvalue weighted by atomic mass is 9.95. The predicted octanol–water partition coefficient (Wildman–Crippen LogP) is 5.15. The van der Waals surface area contributed by atoms with Crippen molar-refractivity contribution in [1.82, 2.24) is 19.7 Å². The second-order valence-electron chi connectivity index (χ2n) is 9.91. The number of hydrogen-bond donors (Lipinski definition) is 1. The van der Waals surface area contributed by atoms with Gasteiger partial charge in [0.25, 0.3) is 0 Å². The van der Waals surface area contributed by atoms with E-state index in [1.807, 2.05) is 37.3 Å². The van der Waals surface area contributed by atoms with Crippen LogP contribution in [0.5, 0.6) is 0 Å². The minimum absolute atomic E-state index is 0.00740. The Labute approximate surface area is 212 Å². The Bertz CT molecular complexity index is 1290. The Kier molecular flexibility index (Phi) is 6.72. The van der Waals surface area contributed by atoms with Crippen LogP contribution in [0.1, 0.15) is 42.6 Å². The van der Waals surface area contributed by atoms with E-state index in [2.05, 4.69) is 64.5 Å². The molecule has 36 heavy (non-hydrogen) atoms. The normalized spacial score (nSPS) is 15.3. The van der Waals surface area contributed by atoms with Gasteiger partial charge >= 0.3 is 0 Å². The first-order chi connectivity index (χ1) is 17.4. The maximum atomic E-state index is 13.0. The van der Waals surface area contributed by atoms with Crippen LogP contribution >= 0.6 is 0 Å². The molecule has 1 aromatic carbocycles. The summed E-state index contributed by atoms with van der Waals surface area (Å²) in [4.78, 5) is 15.4. The Hall–Kier alpha value is -3.74. The average molecular weight is 486 g/mol. The largest absolute Gasteiger partial charge is 0.469 e. The molecule has 0 aliphatic carbocycles. The van der Waals surface area contributed by atoms with Crippen molar-refractivity contribution >= 4 is 11.7 Å². The van der Waals surface area contributed by atoms with Gasteiger partial charge in [-0.2, -0.15) is 5.10 Å². The van der Waals surface area contributed by atoms with Gasteiger partial charge in [-0.1, -0.05) is 18.2 Å². The maximum Gasteiger partial charge on any atom is 0.223 e. The molecule has 1 atom stereocenters. The third-order valence-electron chi connectivity index (χ3n) is 7.14. The number of benzene rings is 1. The van der Waals surface area contributed by atoms with E-state index < -0.39 is 0 Å². The second-order valence-corrected chi connectivity index (χ2v) is 9.91. The molecule has 5 rings (SSSR count). The van der Waals surface area contributed by atoms with Crippen molar-refractivity contribution in [3.05, 3.63) is 83.7 Å². The Morgan fingerprint density at radius 3 is 2.36 bits per heavy atom. The lowest BCUT2D eigenvalue weighted by Crippen LogP contribution is -2.44. The highest BCUT2D eigenvalue weighted by atomic mass is 16.3. The molecule has 1 N–H and O–H groups in total. The molecular formula is C29H35N5O2. The monoisotopic (exact) mass is 485 g/mol. The molecule has 3 aromatic heterocycles. The average Bonchev–Trinajstić information content (AvgIpc) is 3.59. The van der Waals surface area contributed by atoms with Crippen molar-refractivity contribution in [2.45, 2.75) is 53.0 Å². The minimum Gasteiger partial charge on any atom is -0.469 e. The molecular weight excluding hydrogens is 450 g/mol. The number of hydrogen-bond acceptors (Lipinski definition) is 4. The number of nitrogens with zero attached hydrogens (tertiary/aromatic N) is 4. The van der Waals surface area contributed by atoms with Crippen LogP contribution in [0.15, 0.2) is 65.3 Å². The number of furan rings is 1. The number of aromatic nitrogens is 3. The smallest absolute Gasteiger partial charge is 0.223 e. The SMILES string of the molecule is Cc1nn(-c2ccccc2)c(N2CCC(C(=O)NC(C)Cc3ccco3)CC2)c1-n1c(C)ccc1C. The fourth-order valence-corrected chi connectivity index (χ4v) is 5.32. The highest BCUT2D eigenvalue weighted by Crippen LogP contribution is 2.35. The van der Waals surface area contributed by atoms with Crippen molar-refractivity contribution in [1.29, 1.82) is 0 Å². The van der Waals surface area contributed by atoms with E-state index in [1.165, 1.54) is 11.4 Å². The molecule has 0 radical (unpaired) electrons. The number of piperidine rings is 1. The predicted molar refractivity (Wildman–Crippen MR) is 142 cm³/mol. The fourth-order valence-electron chi connectivity index (χ4n) is 5.32. The number of nitrogens with one attached hydrogen (secondary N) is 1. The molecule has 1 fully saturated rings. The van der Waals surface area contributed by atoms with Gasteiger partial charge in [0.05, 0.1) is 17.6 Å². The zero-order chi connectivity index (χ0) is 25.2. The first kappa shape index (κ1) is 24.0. The molecule has 7 heteroatoms. The zero-order valence-corrected chi connectivity index (χ0v) is 21.6. The summed E-state index contributed by atoms with van der Waals surface area (Å²) in [6, 6.07) is 18.5. The van der Waals surface area contributed by atoms with Crippen LogP contribution in [-0.4, -0.2) is 39.4 Å². The summed E-state index contributed by atoms with van der Waals surface area (Å²) in [6.07, 6.45) is 3.99. The van der Waals surface area contributed by atoms with Gasteiger partial charge in [0.15, 0.2) is 5.82 Å². The quantitative estimate of drug-likeness (QED) is 0.393. The minimum atomic E-state index is 0.00740. The van der Waals surface area contributed by atoms with Crippen molar-refractivity contribution in [2.75, 3.05) is 18.0 Å². The molecule has 1 aliphatic heterocycles. The van der Waals surface area contributed by atoms with Crippen molar-refractivity contribution in [2.24, 2.45) is 5.92 Å². The van der Waals surface area contributed by atoms with Crippen LogP contribution in [0.25, 0.3) is 11.4 Å². The van der Waals surface area contributed by atoms with Gasteiger partial charge in [0.2, 0.25) is 5.91 Å². The van der Waals surface area contributed by atoms with E-state index in [0.717, 1.165) is 54.6 Å². The topological polar surface area (TPSA) is 68.2 Å². The van der Waals surface area contributed by atoms with E-state index in [-0.39, 0.29) is 17.9 Å². The van der Waals surface area contributed by atoms with Crippen LogP contribution in [0.3, 0.4) is 0 Å². The van der Waals surface area contributed by atoms with Crippen molar-refractivity contribution < 1.29 is 9.21 Å². The number of rotatable bonds is 7. The number of carbonyl (C=O) groups excluding carboxylic acids is 1. The molecule has 4 aromatic rings. The standard InChI is InChI=1S/C29H35N5O2/c1-20(19-26-11-8-18-36-26)30-28(35)24-14-16-32(17-15-24)29-27(33-21(2)12-13-22(33)3)23(4)31-34(29)25-9-6-5-7-10-25/h5-13,18,20,24H,14-17,19H2,1-4H3,(H,30,35). The third kappa shape index (κ3) is 4.70. The Morgan fingerprint density at radius 1 is 1.03 bits per heavy atom. The summed E-state index contributed by atoms with van der Waals surface area (Å²) in [6.45, 7) is 9.99. The van der Waals surface area contributed by atoms with E-state index >= 15 is 0 Å². The van der Waals surface area contributed by atoms with Gasteiger partial charge in [0.1, 0.15) is 11.4 Å². The van der Waals surface area contributed by atoms with Gasteiger partial charge in [-0.05, 0) is 76.9 Å². The fraction of sp³-hybridized carbons (Fsp3) is 0.379. The zero-order valence-electron chi connectivity index (χ0n) is 21.6. The van der Waals surface area contributed by atoms with Gasteiger partial charge in [0, 0.05) is 42.9 Å². The highest BCUT2D eigenvalue weighted by molar-refractivity contribution is 5.79. The molecule has 1 unspecified atom stereocenters. The van der Waals surface area contributed by atoms with Crippen molar-refractivity contribution in [3.63, 3.8) is 0 Å². The number of aryl methyl sites for hydroxylation is 3. The van der Waals surface area contributed by atoms with Gasteiger partial charge in [-0.3, -0.25) is 4.79 Å². The van der Waals surface area contributed by atoms with Crippen LogP contribution in [0, 0.1) is 26.7 Å². The lowest BCUT2D eigenvalue weighted by Gasteiger charge is -2.34. The van der Waals surface area contributed by atoms with Crippen LogP contribution in [-0.2, 0) is 11.2 Å². The molecule has 1 aliphatic rings. The number of anilines is 1. The molecule has 4 heterocycles. The molecule has 1 saturated heterocycles. The van der Waals surface area contributed by atoms with Gasteiger partial charge in [-0.25, -0.2) is 4.68 Å². The summed E-state index contributed by atoms with van der Waals surface area (Å²) in [5.41, 5.74) is 5.51. The van der Waals surface area contributed by atoms with Gasteiger partial charge in [-0.15, -0.1) is 0 Å². The summed E-state index contributed by atoms with van der Waals surface area (Å²) >= 11 is 0. The van der Waals surface area contributed by atoms with E-state index in [1.54, 1.807) is 6.26 Å².